The van der Waals surface area contributed by atoms with E-state index in [1.165, 1.54) is 0 Å². The van der Waals surface area contributed by atoms with Gasteiger partial charge in [0.25, 0.3) is 0 Å². The average molecular weight is 239 g/mol. The third-order valence-corrected chi connectivity index (χ3v) is 3.14. The number of rotatable bonds is 2. The van der Waals surface area contributed by atoms with Crippen LogP contribution in [0.5, 0.6) is 5.75 Å². The Morgan fingerprint density at radius 2 is 1.94 bits per heavy atom. The molecule has 1 aliphatic rings. The molecule has 0 saturated heterocycles. The minimum Gasteiger partial charge on any atom is -0.497 e. The summed E-state index contributed by atoms with van der Waals surface area (Å²) in [6.07, 6.45) is 0.466. The molecule has 0 unspecified atom stereocenters. The lowest BCUT2D eigenvalue weighted by Crippen LogP contribution is -2.20. The first-order valence-corrected chi connectivity index (χ1v) is 5.84. The van der Waals surface area contributed by atoms with E-state index in [2.05, 4.69) is 0 Å². The minimum atomic E-state index is 0.101. The SMILES string of the molecule is COc1cccc(N2C(=O)Cc3ccccc32)c1. The summed E-state index contributed by atoms with van der Waals surface area (Å²) in [5, 5.41) is 0. The molecule has 0 fully saturated rings. The normalized spacial score (nSPS) is 13.6. The van der Waals surface area contributed by atoms with Crippen LogP contribution in [0.25, 0.3) is 0 Å². The van der Waals surface area contributed by atoms with Crippen molar-refractivity contribution in [2.24, 2.45) is 0 Å². The summed E-state index contributed by atoms with van der Waals surface area (Å²) in [7, 11) is 1.62. The molecule has 2 aromatic rings. The van der Waals surface area contributed by atoms with Crippen LogP contribution in [0, 0.1) is 0 Å². The molecule has 0 aromatic heterocycles. The number of amides is 1. The van der Waals surface area contributed by atoms with Crippen LogP contribution >= 0.6 is 0 Å². The van der Waals surface area contributed by atoms with Gasteiger partial charge in [-0.15, -0.1) is 0 Å². The van der Waals surface area contributed by atoms with Crippen molar-refractivity contribution in [3.8, 4) is 5.75 Å². The number of methoxy groups -OCH3 is 1. The lowest BCUT2D eigenvalue weighted by Gasteiger charge is -2.18. The topological polar surface area (TPSA) is 29.5 Å². The third kappa shape index (κ3) is 1.64. The summed E-state index contributed by atoms with van der Waals surface area (Å²) in [6.45, 7) is 0. The van der Waals surface area contributed by atoms with Gasteiger partial charge < -0.3 is 4.74 Å². The van der Waals surface area contributed by atoms with Crippen LogP contribution in [0.3, 0.4) is 0 Å². The second-order valence-electron chi connectivity index (χ2n) is 4.24. The zero-order chi connectivity index (χ0) is 12.5. The molecule has 1 amide bonds. The molecule has 0 spiro atoms. The van der Waals surface area contributed by atoms with Crippen LogP contribution in [0.2, 0.25) is 0 Å². The molecule has 0 bridgehead atoms. The maximum absolute atomic E-state index is 12.1. The second kappa shape index (κ2) is 4.18. The van der Waals surface area contributed by atoms with Crippen LogP contribution in [0.15, 0.2) is 48.5 Å². The van der Waals surface area contributed by atoms with E-state index in [-0.39, 0.29) is 5.91 Å². The van der Waals surface area contributed by atoms with E-state index in [0.29, 0.717) is 6.42 Å². The first kappa shape index (κ1) is 10.8. The highest BCUT2D eigenvalue weighted by atomic mass is 16.5. The van der Waals surface area contributed by atoms with Gasteiger partial charge in [-0.1, -0.05) is 24.3 Å². The van der Waals surface area contributed by atoms with Gasteiger partial charge in [0, 0.05) is 6.07 Å². The van der Waals surface area contributed by atoms with Crippen molar-refractivity contribution in [2.45, 2.75) is 6.42 Å². The van der Waals surface area contributed by atoms with Crippen LogP contribution in [0.4, 0.5) is 11.4 Å². The largest absolute Gasteiger partial charge is 0.497 e. The van der Waals surface area contributed by atoms with Crippen molar-refractivity contribution < 1.29 is 9.53 Å². The van der Waals surface area contributed by atoms with E-state index in [1.54, 1.807) is 12.0 Å². The Bertz CT molecular complexity index is 607. The molecule has 0 aliphatic carbocycles. The lowest BCUT2D eigenvalue weighted by molar-refractivity contribution is -0.116. The second-order valence-corrected chi connectivity index (χ2v) is 4.24. The monoisotopic (exact) mass is 239 g/mol. The fraction of sp³-hybridized carbons (Fsp3) is 0.133. The molecule has 0 radical (unpaired) electrons. The lowest BCUT2D eigenvalue weighted by atomic mass is 10.2. The minimum absolute atomic E-state index is 0.101. The van der Waals surface area contributed by atoms with Gasteiger partial charge in [-0.2, -0.15) is 0 Å². The smallest absolute Gasteiger partial charge is 0.236 e. The standard InChI is InChI=1S/C15H13NO2/c1-18-13-7-4-6-12(10-13)16-14-8-3-2-5-11(14)9-15(16)17/h2-8,10H,9H2,1H3. The molecule has 3 nitrogen and oxygen atoms in total. The van der Waals surface area contributed by atoms with E-state index in [9.17, 15) is 4.79 Å². The molecule has 0 N–H and O–H groups in total. The van der Waals surface area contributed by atoms with Gasteiger partial charge >= 0.3 is 0 Å². The molecule has 1 heterocycles. The predicted molar refractivity (Wildman–Crippen MR) is 70.3 cm³/mol. The molecule has 2 aromatic carbocycles. The number of benzene rings is 2. The summed E-state index contributed by atoms with van der Waals surface area (Å²) < 4.78 is 5.20. The van der Waals surface area contributed by atoms with Crippen LogP contribution in [-0.2, 0) is 11.2 Å². The molecule has 3 heteroatoms. The van der Waals surface area contributed by atoms with Gasteiger partial charge in [0.05, 0.1) is 24.9 Å². The summed E-state index contributed by atoms with van der Waals surface area (Å²) in [5.41, 5.74) is 2.89. The van der Waals surface area contributed by atoms with Gasteiger partial charge in [-0.25, -0.2) is 0 Å². The molecular weight excluding hydrogens is 226 g/mol. The highest BCUT2D eigenvalue weighted by Gasteiger charge is 2.28. The summed E-state index contributed by atoms with van der Waals surface area (Å²) in [6, 6.07) is 15.4. The van der Waals surface area contributed by atoms with Gasteiger partial charge in [-0.3, -0.25) is 9.69 Å². The van der Waals surface area contributed by atoms with Crippen molar-refractivity contribution in [1.29, 1.82) is 0 Å². The number of carbonyl (C=O) groups excluding carboxylic acids is 1. The maximum Gasteiger partial charge on any atom is 0.236 e. The van der Waals surface area contributed by atoms with E-state index >= 15 is 0 Å². The van der Waals surface area contributed by atoms with Crippen LogP contribution in [-0.4, -0.2) is 13.0 Å². The number of hydrogen-bond acceptors (Lipinski definition) is 2. The maximum atomic E-state index is 12.1. The van der Waals surface area contributed by atoms with Crippen LogP contribution in [0.1, 0.15) is 5.56 Å². The molecule has 1 aliphatic heterocycles. The Balaban J connectivity index is 2.08. The van der Waals surface area contributed by atoms with E-state index in [0.717, 1.165) is 22.7 Å². The Labute approximate surface area is 106 Å². The van der Waals surface area contributed by atoms with Crippen molar-refractivity contribution in [3.63, 3.8) is 0 Å². The fourth-order valence-corrected chi connectivity index (χ4v) is 2.29. The molecular formula is C15H13NO2. The van der Waals surface area contributed by atoms with Crippen molar-refractivity contribution in [2.75, 3.05) is 12.0 Å². The van der Waals surface area contributed by atoms with E-state index < -0.39 is 0 Å². The van der Waals surface area contributed by atoms with Crippen molar-refractivity contribution in [3.05, 3.63) is 54.1 Å². The van der Waals surface area contributed by atoms with Gasteiger partial charge in [0.15, 0.2) is 0 Å². The molecule has 0 atom stereocenters. The number of fused-ring (bicyclic) bond motifs is 1. The Kier molecular flexibility index (Phi) is 2.52. The summed E-state index contributed by atoms with van der Waals surface area (Å²) in [5.74, 6) is 0.856. The summed E-state index contributed by atoms with van der Waals surface area (Å²) >= 11 is 0. The quantitative estimate of drug-likeness (QED) is 0.806. The molecule has 0 saturated carbocycles. The summed E-state index contributed by atoms with van der Waals surface area (Å²) in [4.78, 5) is 13.9. The number of nitrogens with zero attached hydrogens (tertiary/aromatic N) is 1. The first-order chi connectivity index (χ1) is 8.79. The number of para-hydroxylation sites is 1. The average Bonchev–Trinajstić information content (AvgIpc) is 2.74. The predicted octanol–water partition coefficient (Wildman–Crippen LogP) is 2.92. The van der Waals surface area contributed by atoms with E-state index in [1.807, 2.05) is 48.5 Å². The highest BCUT2D eigenvalue weighted by molar-refractivity contribution is 6.07. The highest BCUT2D eigenvalue weighted by Crippen LogP contribution is 2.36. The molecule has 18 heavy (non-hydrogen) atoms. The van der Waals surface area contributed by atoms with Gasteiger partial charge in [0.2, 0.25) is 5.91 Å². The molecule has 90 valence electrons. The fourth-order valence-electron chi connectivity index (χ4n) is 2.29. The number of anilines is 2. The van der Waals surface area contributed by atoms with Crippen LogP contribution < -0.4 is 9.64 Å². The van der Waals surface area contributed by atoms with E-state index in [4.69, 9.17) is 4.74 Å². The van der Waals surface area contributed by atoms with Crippen molar-refractivity contribution >= 4 is 17.3 Å². The zero-order valence-corrected chi connectivity index (χ0v) is 10.1. The number of hydrogen-bond donors (Lipinski definition) is 0. The first-order valence-electron chi connectivity index (χ1n) is 5.84. The van der Waals surface area contributed by atoms with Gasteiger partial charge in [-0.05, 0) is 23.8 Å². The van der Waals surface area contributed by atoms with Crippen molar-refractivity contribution in [1.82, 2.24) is 0 Å². The molecule has 3 rings (SSSR count). The Morgan fingerprint density at radius 1 is 1.11 bits per heavy atom. The Morgan fingerprint density at radius 3 is 2.78 bits per heavy atom. The Hall–Kier alpha value is -2.29. The number of ether oxygens (including phenoxy) is 1. The zero-order valence-electron chi connectivity index (χ0n) is 10.1. The van der Waals surface area contributed by atoms with Gasteiger partial charge in [0.1, 0.15) is 5.75 Å². The third-order valence-electron chi connectivity index (χ3n) is 3.14. The number of carbonyl (C=O) groups is 1.